The second-order valence-corrected chi connectivity index (χ2v) is 6.47. The number of nitro groups is 1. The van der Waals surface area contributed by atoms with Gasteiger partial charge < -0.3 is 5.32 Å². The van der Waals surface area contributed by atoms with Gasteiger partial charge in [-0.1, -0.05) is 75.6 Å². The summed E-state index contributed by atoms with van der Waals surface area (Å²) in [5.74, 6) is 0. The van der Waals surface area contributed by atoms with E-state index in [1.165, 1.54) is 5.56 Å². The fourth-order valence-electron chi connectivity index (χ4n) is 3.17. The molecule has 0 amide bonds. The number of nitrogens with zero attached hydrogens (tertiary/aromatic N) is 1. The summed E-state index contributed by atoms with van der Waals surface area (Å²) in [6, 6.07) is 17.9. The number of unbranched alkanes of at least 4 members (excludes halogenated alkanes) is 1. The summed E-state index contributed by atoms with van der Waals surface area (Å²) < 4.78 is 0. The third-order valence-corrected chi connectivity index (χ3v) is 4.51. The first-order chi connectivity index (χ1) is 12.2. The summed E-state index contributed by atoms with van der Waals surface area (Å²) in [5, 5.41) is 14.9. The topological polar surface area (TPSA) is 55.2 Å². The number of hydrogen-bond acceptors (Lipinski definition) is 3. The van der Waals surface area contributed by atoms with Gasteiger partial charge in [0.1, 0.15) is 0 Å². The van der Waals surface area contributed by atoms with Crippen LogP contribution in [0.1, 0.15) is 69.2 Å². The molecule has 0 aliphatic rings. The van der Waals surface area contributed by atoms with E-state index < -0.39 is 0 Å². The molecule has 2 aromatic carbocycles. The van der Waals surface area contributed by atoms with Gasteiger partial charge in [0.15, 0.2) is 0 Å². The Hall–Kier alpha value is -2.20. The Balaban J connectivity index is 2.26. The molecule has 0 aliphatic heterocycles. The van der Waals surface area contributed by atoms with Crippen molar-refractivity contribution >= 4 is 5.69 Å². The molecule has 4 heteroatoms. The van der Waals surface area contributed by atoms with Crippen LogP contribution in [0.3, 0.4) is 0 Å². The maximum Gasteiger partial charge on any atom is 0.269 e. The predicted molar refractivity (Wildman–Crippen MR) is 103 cm³/mol. The highest BCUT2D eigenvalue weighted by Gasteiger charge is 2.19. The highest BCUT2D eigenvalue weighted by atomic mass is 16.6. The zero-order valence-electron chi connectivity index (χ0n) is 15.2. The van der Waals surface area contributed by atoms with Crippen molar-refractivity contribution in [3.8, 4) is 0 Å². The zero-order chi connectivity index (χ0) is 18.1. The molecule has 2 atom stereocenters. The van der Waals surface area contributed by atoms with Crippen molar-refractivity contribution in [2.75, 3.05) is 0 Å². The molecule has 2 unspecified atom stereocenters. The minimum atomic E-state index is -0.318. The van der Waals surface area contributed by atoms with Crippen molar-refractivity contribution in [3.05, 3.63) is 75.8 Å². The maximum absolute atomic E-state index is 11.1. The van der Waals surface area contributed by atoms with E-state index in [2.05, 4.69) is 43.4 Å². The first-order valence-electron chi connectivity index (χ1n) is 9.21. The number of nitrogens with one attached hydrogen (secondary N) is 1. The van der Waals surface area contributed by atoms with E-state index in [4.69, 9.17) is 0 Å². The van der Waals surface area contributed by atoms with Crippen LogP contribution in [0.2, 0.25) is 0 Å². The Morgan fingerprint density at radius 3 is 2.24 bits per heavy atom. The van der Waals surface area contributed by atoms with E-state index in [1.807, 2.05) is 12.1 Å². The molecule has 0 saturated heterocycles. The molecular formula is C21H28N2O2. The van der Waals surface area contributed by atoms with Crippen LogP contribution in [0.15, 0.2) is 54.6 Å². The van der Waals surface area contributed by atoms with Gasteiger partial charge in [0, 0.05) is 24.2 Å². The van der Waals surface area contributed by atoms with E-state index in [1.54, 1.807) is 18.2 Å². The molecule has 25 heavy (non-hydrogen) atoms. The number of rotatable bonds is 10. The number of non-ortho nitro benzene ring substituents is 1. The summed E-state index contributed by atoms with van der Waals surface area (Å²) in [7, 11) is 0. The molecule has 0 aromatic heterocycles. The van der Waals surface area contributed by atoms with Gasteiger partial charge in [0.25, 0.3) is 5.69 Å². The van der Waals surface area contributed by atoms with Crippen LogP contribution in [0.4, 0.5) is 5.69 Å². The molecule has 0 radical (unpaired) electrons. The van der Waals surface area contributed by atoms with Gasteiger partial charge in [0.05, 0.1) is 4.92 Å². The lowest BCUT2D eigenvalue weighted by Gasteiger charge is -2.26. The smallest absolute Gasteiger partial charge is 0.269 e. The number of benzene rings is 2. The predicted octanol–water partition coefficient (Wildman–Crippen LogP) is 5.96. The minimum absolute atomic E-state index is 0.122. The van der Waals surface area contributed by atoms with Gasteiger partial charge in [-0.25, -0.2) is 0 Å². The molecule has 134 valence electrons. The summed E-state index contributed by atoms with van der Waals surface area (Å²) in [4.78, 5) is 10.8. The van der Waals surface area contributed by atoms with E-state index in [-0.39, 0.29) is 22.7 Å². The molecule has 0 fully saturated rings. The lowest BCUT2D eigenvalue weighted by molar-refractivity contribution is -0.384. The molecule has 2 rings (SSSR count). The Morgan fingerprint density at radius 1 is 0.920 bits per heavy atom. The van der Waals surface area contributed by atoms with Gasteiger partial charge in [-0.2, -0.15) is 0 Å². The van der Waals surface area contributed by atoms with Crippen molar-refractivity contribution in [2.45, 2.75) is 58.0 Å². The van der Waals surface area contributed by atoms with Crippen LogP contribution in [0.25, 0.3) is 0 Å². The van der Waals surface area contributed by atoms with Crippen LogP contribution in [-0.2, 0) is 0 Å². The SMILES string of the molecule is CCCCC(NC(CCC)c1ccccc1)c1cccc([N+](=O)[O-])c1. The Morgan fingerprint density at radius 2 is 1.60 bits per heavy atom. The van der Waals surface area contributed by atoms with E-state index >= 15 is 0 Å². The molecule has 0 aliphatic carbocycles. The summed E-state index contributed by atoms with van der Waals surface area (Å²) >= 11 is 0. The standard InChI is InChI=1S/C21H28N2O2/c1-3-5-15-21(18-13-9-14-19(16-18)23(24)25)22-20(10-4-2)17-11-7-6-8-12-17/h6-9,11-14,16,20-22H,3-5,10,15H2,1-2H3. The largest absolute Gasteiger partial charge is 0.303 e. The zero-order valence-corrected chi connectivity index (χ0v) is 15.2. The van der Waals surface area contributed by atoms with Gasteiger partial charge in [-0.15, -0.1) is 0 Å². The van der Waals surface area contributed by atoms with Gasteiger partial charge in [-0.05, 0) is 24.0 Å². The van der Waals surface area contributed by atoms with Crippen molar-refractivity contribution in [3.63, 3.8) is 0 Å². The van der Waals surface area contributed by atoms with Crippen LogP contribution >= 0.6 is 0 Å². The second kappa shape index (κ2) is 9.94. The first kappa shape index (κ1) is 19.1. The molecule has 0 bridgehead atoms. The van der Waals surface area contributed by atoms with Gasteiger partial charge >= 0.3 is 0 Å². The van der Waals surface area contributed by atoms with Crippen LogP contribution in [-0.4, -0.2) is 4.92 Å². The Bertz CT molecular complexity index is 658. The molecule has 2 aromatic rings. The molecule has 1 N–H and O–H groups in total. The van der Waals surface area contributed by atoms with E-state index in [0.29, 0.717) is 0 Å². The highest BCUT2D eigenvalue weighted by molar-refractivity contribution is 5.36. The summed E-state index contributed by atoms with van der Waals surface area (Å²) in [6.45, 7) is 4.36. The van der Waals surface area contributed by atoms with Crippen LogP contribution < -0.4 is 5.32 Å². The third-order valence-electron chi connectivity index (χ3n) is 4.51. The Labute approximate surface area is 150 Å². The fourth-order valence-corrected chi connectivity index (χ4v) is 3.17. The summed E-state index contributed by atoms with van der Waals surface area (Å²) in [5.41, 5.74) is 2.43. The van der Waals surface area contributed by atoms with Crippen molar-refractivity contribution in [2.24, 2.45) is 0 Å². The third kappa shape index (κ3) is 5.68. The molecule has 0 spiro atoms. The van der Waals surface area contributed by atoms with Crippen molar-refractivity contribution in [1.82, 2.24) is 5.32 Å². The van der Waals surface area contributed by atoms with Crippen molar-refractivity contribution in [1.29, 1.82) is 0 Å². The maximum atomic E-state index is 11.1. The lowest BCUT2D eigenvalue weighted by Crippen LogP contribution is -2.26. The monoisotopic (exact) mass is 340 g/mol. The van der Waals surface area contributed by atoms with Crippen molar-refractivity contribution < 1.29 is 4.92 Å². The fraction of sp³-hybridized carbons (Fsp3) is 0.429. The van der Waals surface area contributed by atoms with E-state index in [9.17, 15) is 10.1 Å². The van der Waals surface area contributed by atoms with Crippen LogP contribution in [0, 0.1) is 10.1 Å². The molecule has 4 nitrogen and oxygen atoms in total. The highest BCUT2D eigenvalue weighted by Crippen LogP contribution is 2.28. The minimum Gasteiger partial charge on any atom is -0.303 e. The molecule has 0 heterocycles. The van der Waals surface area contributed by atoms with Gasteiger partial charge in [0.2, 0.25) is 0 Å². The average molecular weight is 340 g/mol. The normalized spacial score (nSPS) is 13.4. The Kier molecular flexibility index (Phi) is 7.61. The summed E-state index contributed by atoms with van der Waals surface area (Å²) in [6.07, 6.45) is 5.30. The molecule has 0 saturated carbocycles. The molecular weight excluding hydrogens is 312 g/mol. The van der Waals surface area contributed by atoms with E-state index in [0.717, 1.165) is 37.7 Å². The average Bonchev–Trinajstić information content (AvgIpc) is 2.65. The number of nitro benzene ring substituents is 1. The quantitative estimate of drug-likeness (QED) is 0.429. The number of hydrogen-bond donors (Lipinski definition) is 1. The first-order valence-corrected chi connectivity index (χ1v) is 9.21. The van der Waals surface area contributed by atoms with Crippen LogP contribution in [0.5, 0.6) is 0 Å². The second-order valence-electron chi connectivity index (χ2n) is 6.47. The van der Waals surface area contributed by atoms with Gasteiger partial charge in [-0.3, -0.25) is 10.1 Å². The lowest BCUT2D eigenvalue weighted by atomic mass is 9.96.